The Bertz CT molecular complexity index is 1320. The van der Waals surface area contributed by atoms with E-state index in [2.05, 4.69) is 10.2 Å². The zero-order chi connectivity index (χ0) is 29.8. The highest BCUT2D eigenvalue weighted by molar-refractivity contribution is 6.04. The van der Waals surface area contributed by atoms with E-state index < -0.39 is 24.1 Å². The fraction of sp³-hybridized carbons (Fsp3) is 0.500. The highest BCUT2D eigenvalue weighted by Gasteiger charge is 2.41. The van der Waals surface area contributed by atoms with E-state index in [0.717, 1.165) is 66.8 Å². The van der Waals surface area contributed by atoms with Crippen LogP contribution in [0.4, 0.5) is 11.4 Å². The van der Waals surface area contributed by atoms with Crippen LogP contribution in [-0.4, -0.2) is 54.9 Å². The number of carbonyl (C=O) groups is 4. The van der Waals surface area contributed by atoms with Crippen LogP contribution in [0.2, 0.25) is 0 Å². The molecule has 3 aliphatic heterocycles. The average molecular weight is 576 g/mol. The standard InChI is InChI=1S/C32H41N5O5/c1-20(42-19-21-8-10-25(11-9-21)36-16-14-23(15-17-36)31(34)40)26(12-13-28(33)38)35-32(41)27-18-24-6-2-4-22-5-3-7-29(39)37(27)30(22)24/h2,4,6,8-11,20,23,26-27H,3,5,7,12-19H2,1H3,(H2,33,38)(H2,34,40)(H,35,41)/t20-,26+,27+/m1/s1. The van der Waals surface area contributed by atoms with E-state index in [9.17, 15) is 19.2 Å². The molecule has 10 heteroatoms. The van der Waals surface area contributed by atoms with Gasteiger partial charge in [0.2, 0.25) is 23.6 Å². The number of ether oxygens (including phenoxy) is 1. The van der Waals surface area contributed by atoms with Gasteiger partial charge in [-0.1, -0.05) is 30.3 Å². The molecule has 4 amide bonds. The van der Waals surface area contributed by atoms with Gasteiger partial charge in [0.15, 0.2) is 0 Å². The number of para-hydroxylation sites is 1. The van der Waals surface area contributed by atoms with Crippen molar-refractivity contribution in [2.45, 2.75) is 83.1 Å². The second kappa shape index (κ2) is 12.9. The molecule has 0 radical (unpaired) electrons. The van der Waals surface area contributed by atoms with Crippen LogP contribution < -0.4 is 26.6 Å². The summed E-state index contributed by atoms with van der Waals surface area (Å²) in [5, 5.41) is 3.09. The van der Waals surface area contributed by atoms with Crippen molar-refractivity contribution in [1.29, 1.82) is 0 Å². The molecular formula is C32H41N5O5. The second-order valence-corrected chi connectivity index (χ2v) is 11.7. The predicted molar refractivity (Wildman–Crippen MR) is 160 cm³/mol. The van der Waals surface area contributed by atoms with Gasteiger partial charge in [0.25, 0.3) is 0 Å². The highest BCUT2D eigenvalue weighted by Crippen LogP contribution is 2.39. The third kappa shape index (κ3) is 6.59. The SMILES string of the molecule is C[C@@H](OCc1ccc(N2CCC(C(N)=O)CC2)cc1)[C@H](CCC(N)=O)NC(=O)[C@@H]1Cc2cccc3c2N1C(=O)CCC3. The Morgan fingerprint density at radius 1 is 1.02 bits per heavy atom. The van der Waals surface area contributed by atoms with E-state index in [1.807, 2.05) is 49.4 Å². The molecule has 3 aliphatic rings. The van der Waals surface area contributed by atoms with E-state index in [4.69, 9.17) is 16.2 Å². The lowest BCUT2D eigenvalue weighted by Gasteiger charge is -2.32. The maximum Gasteiger partial charge on any atom is 0.243 e. The number of nitrogens with one attached hydrogen (secondary N) is 1. The van der Waals surface area contributed by atoms with Crippen LogP contribution >= 0.6 is 0 Å². The van der Waals surface area contributed by atoms with Crippen LogP contribution in [0.25, 0.3) is 0 Å². The molecule has 0 spiro atoms. The van der Waals surface area contributed by atoms with Crippen molar-refractivity contribution in [3.8, 4) is 0 Å². The zero-order valence-corrected chi connectivity index (χ0v) is 24.2. The molecule has 10 nitrogen and oxygen atoms in total. The summed E-state index contributed by atoms with van der Waals surface area (Å²) in [6, 6.07) is 13.0. The normalized spacial score (nSPS) is 20.0. The summed E-state index contributed by atoms with van der Waals surface area (Å²) >= 11 is 0. The van der Waals surface area contributed by atoms with Crippen LogP contribution in [0.15, 0.2) is 42.5 Å². The Balaban J connectivity index is 1.21. The molecule has 0 bridgehead atoms. The molecule has 3 atom stereocenters. The second-order valence-electron chi connectivity index (χ2n) is 11.7. The molecule has 224 valence electrons. The van der Waals surface area contributed by atoms with E-state index in [-0.39, 0.29) is 30.1 Å². The molecular weight excluding hydrogens is 534 g/mol. The third-order valence-corrected chi connectivity index (χ3v) is 8.88. The van der Waals surface area contributed by atoms with Crippen molar-refractivity contribution in [2.75, 3.05) is 22.9 Å². The van der Waals surface area contributed by atoms with Gasteiger partial charge in [0.05, 0.1) is 24.4 Å². The molecule has 1 fully saturated rings. The molecule has 1 saturated heterocycles. The number of aryl methyl sites for hydroxylation is 1. The van der Waals surface area contributed by atoms with E-state index >= 15 is 0 Å². The Labute approximate surface area is 246 Å². The minimum absolute atomic E-state index is 0.0301. The molecule has 2 aromatic rings. The van der Waals surface area contributed by atoms with Crippen molar-refractivity contribution >= 4 is 35.0 Å². The van der Waals surface area contributed by atoms with Crippen molar-refractivity contribution in [3.05, 3.63) is 59.2 Å². The molecule has 2 aromatic carbocycles. The monoisotopic (exact) mass is 575 g/mol. The number of rotatable bonds is 11. The maximum absolute atomic E-state index is 13.6. The molecule has 3 heterocycles. The number of carbonyl (C=O) groups excluding carboxylic acids is 4. The van der Waals surface area contributed by atoms with Crippen LogP contribution in [0.3, 0.4) is 0 Å². The molecule has 0 unspecified atom stereocenters. The fourth-order valence-corrected chi connectivity index (χ4v) is 6.40. The van der Waals surface area contributed by atoms with Crippen LogP contribution in [-0.2, 0) is 43.4 Å². The molecule has 5 rings (SSSR count). The smallest absolute Gasteiger partial charge is 0.243 e. The van der Waals surface area contributed by atoms with Gasteiger partial charge in [0, 0.05) is 44.0 Å². The van der Waals surface area contributed by atoms with Crippen LogP contribution in [0.1, 0.15) is 62.1 Å². The Kier molecular flexibility index (Phi) is 9.11. The van der Waals surface area contributed by atoms with Crippen LogP contribution in [0.5, 0.6) is 0 Å². The third-order valence-electron chi connectivity index (χ3n) is 8.88. The number of nitrogens with two attached hydrogens (primary N) is 2. The lowest BCUT2D eigenvalue weighted by atomic mass is 9.96. The first-order chi connectivity index (χ1) is 20.2. The molecule has 0 aromatic heterocycles. The summed E-state index contributed by atoms with van der Waals surface area (Å²) in [4.78, 5) is 53.7. The zero-order valence-electron chi connectivity index (χ0n) is 24.2. The van der Waals surface area contributed by atoms with E-state index in [1.54, 1.807) is 4.90 Å². The lowest BCUT2D eigenvalue weighted by Crippen LogP contribution is -2.53. The van der Waals surface area contributed by atoms with Crippen molar-refractivity contribution in [3.63, 3.8) is 0 Å². The van der Waals surface area contributed by atoms with Gasteiger partial charge in [-0.3, -0.25) is 24.1 Å². The summed E-state index contributed by atoms with van der Waals surface area (Å²) in [7, 11) is 0. The minimum Gasteiger partial charge on any atom is -0.372 e. The van der Waals surface area contributed by atoms with Crippen molar-refractivity contribution < 1.29 is 23.9 Å². The van der Waals surface area contributed by atoms with E-state index in [0.29, 0.717) is 25.9 Å². The lowest BCUT2D eigenvalue weighted by molar-refractivity contribution is -0.128. The van der Waals surface area contributed by atoms with Gasteiger partial charge in [-0.2, -0.15) is 0 Å². The first-order valence-corrected chi connectivity index (χ1v) is 15.0. The summed E-state index contributed by atoms with van der Waals surface area (Å²) in [6.07, 6.45) is 4.02. The Morgan fingerprint density at radius 3 is 2.43 bits per heavy atom. The number of anilines is 2. The summed E-state index contributed by atoms with van der Waals surface area (Å²) in [5.74, 6) is -0.999. The van der Waals surface area contributed by atoms with Gasteiger partial charge in [0.1, 0.15) is 6.04 Å². The summed E-state index contributed by atoms with van der Waals surface area (Å²) in [5.41, 5.74) is 16.0. The number of amides is 4. The number of piperidine rings is 1. The highest BCUT2D eigenvalue weighted by atomic mass is 16.5. The van der Waals surface area contributed by atoms with Crippen molar-refractivity contribution in [2.24, 2.45) is 17.4 Å². The fourth-order valence-electron chi connectivity index (χ4n) is 6.40. The number of nitrogens with zero attached hydrogens (tertiary/aromatic N) is 2. The quantitative estimate of drug-likeness (QED) is 0.375. The minimum atomic E-state index is -0.629. The molecule has 0 aliphatic carbocycles. The Hall–Kier alpha value is -3.92. The van der Waals surface area contributed by atoms with Gasteiger partial charge < -0.3 is 26.4 Å². The van der Waals surface area contributed by atoms with Gasteiger partial charge >= 0.3 is 0 Å². The van der Waals surface area contributed by atoms with Gasteiger partial charge in [-0.15, -0.1) is 0 Å². The summed E-state index contributed by atoms with van der Waals surface area (Å²) < 4.78 is 6.19. The number of hydrogen-bond donors (Lipinski definition) is 3. The first kappa shape index (κ1) is 29.6. The molecule has 5 N–H and O–H groups in total. The van der Waals surface area contributed by atoms with Crippen LogP contribution in [0, 0.1) is 5.92 Å². The number of primary amides is 2. The largest absolute Gasteiger partial charge is 0.372 e. The first-order valence-electron chi connectivity index (χ1n) is 15.0. The summed E-state index contributed by atoms with van der Waals surface area (Å²) in [6.45, 7) is 3.79. The van der Waals surface area contributed by atoms with Crippen molar-refractivity contribution in [1.82, 2.24) is 5.32 Å². The Morgan fingerprint density at radius 2 is 1.74 bits per heavy atom. The number of hydrogen-bond acceptors (Lipinski definition) is 6. The maximum atomic E-state index is 13.6. The predicted octanol–water partition coefficient (Wildman–Crippen LogP) is 2.34. The van der Waals surface area contributed by atoms with Gasteiger partial charge in [-0.25, -0.2) is 0 Å². The number of benzene rings is 2. The average Bonchev–Trinajstić information content (AvgIpc) is 3.30. The van der Waals surface area contributed by atoms with Gasteiger partial charge in [-0.05, 0) is 67.9 Å². The molecule has 42 heavy (non-hydrogen) atoms. The molecule has 0 saturated carbocycles. The van der Waals surface area contributed by atoms with E-state index in [1.165, 1.54) is 0 Å². The topological polar surface area (TPSA) is 148 Å².